The Morgan fingerprint density at radius 3 is 2.69 bits per heavy atom. The lowest BCUT2D eigenvalue weighted by atomic mass is 10.1. The molecule has 0 aliphatic heterocycles. The SMILES string of the molecule is COC(=O)C(C)(O)CSC(C)CN. The van der Waals surface area contributed by atoms with E-state index in [-0.39, 0.29) is 5.25 Å². The number of carbonyl (C=O) groups is 1. The zero-order valence-electron chi connectivity index (χ0n) is 8.24. The summed E-state index contributed by atoms with van der Waals surface area (Å²) in [5.41, 5.74) is 3.98. The van der Waals surface area contributed by atoms with E-state index in [1.54, 1.807) is 0 Å². The van der Waals surface area contributed by atoms with E-state index < -0.39 is 11.6 Å². The molecule has 0 saturated heterocycles. The lowest BCUT2D eigenvalue weighted by Crippen LogP contribution is -2.39. The number of thioether (sulfide) groups is 1. The van der Waals surface area contributed by atoms with E-state index in [1.165, 1.54) is 25.8 Å². The van der Waals surface area contributed by atoms with Crippen molar-refractivity contribution >= 4 is 17.7 Å². The Morgan fingerprint density at radius 1 is 1.77 bits per heavy atom. The third kappa shape index (κ3) is 4.50. The van der Waals surface area contributed by atoms with Crippen molar-refractivity contribution in [2.45, 2.75) is 24.7 Å². The molecule has 0 amide bonds. The molecule has 2 unspecified atom stereocenters. The van der Waals surface area contributed by atoms with Crippen LogP contribution >= 0.6 is 11.8 Å². The summed E-state index contributed by atoms with van der Waals surface area (Å²) in [6.45, 7) is 3.91. The highest BCUT2D eigenvalue weighted by molar-refractivity contribution is 8.00. The molecule has 4 nitrogen and oxygen atoms in total. The van der Waals surface area contributed by atoms with Crippen LogP contribution in [-0.4, -0.2) is 41.3 Å². The molecule has 3 N–H and O–H groups in total. The van der Waals surface area contributed by atoms with Gasteiger partial charge in [0.2, 0.25) is 0 Å². The minimum absolute atomic E-state index is 0.233. The van der Waals surface area contributed by atoms with Crippen LogP contribution in [0.15, 0.2) is 0 Å². The molecule has 0 aromatic heterocycles. The predicted octanol–water partition coefficient (Wildman–Crippen LogP) is -0.00920. The number of hydrogen-bond donors (Lipinski definition) is 2. The number of aliphatic hydroxyl groups is 1. The first-order valence-electron chi connectivity index (χ1n) is 4.06. The van der Waals surface area contributed by atoms with Crippen LogP contribution in [-0.2, 0) is 9.53 Å². The van der Waals surface area contributed by atoms with Crippen LogP contribution in [0.4, 0.5) is 0 Å². The molecule has 0 saturated carbocycles. The maximum absolute atomic E-state index is 11.0. The fraction of sp³-hybridized carbons (Fsp3) is 0.875. The Bertz CT molecular complexity index is 173. The quantitative estimate of drug-likeness (QED) is 0.620. The van der Waals surface area contributed by atoms with Gasteiger partial charge in [0.15, 0.2) is 5.60 Å². The first-order chi connectivity index (χ1) is 5.94. The van der Waals surface area contributed by atoms with E-state index in [9.17, 15) is 9.90 Å². The number of hydrogen-bond acceptors (Lipinski definition) is 5. The third-order valence-electron chi connectivity index (χ3n) is 1.61. The Labute approximate surface area is 82.8 Å². The van der Waals surface area contributed by atoms with Gasteiger partial charge in [0.05, 0.1) is 7.11 Å². The molecule has 13 heavy (non-hydrogen) atoms. The fourth-order valence-electron chi connectivity index (χ4n) is 0.651. The number of rotatable bonds is 5. The summed E-state index contributed by atoms with van der Waals surface area (Å²) < 4.78 is 4.45. The van der Waals surface area contributed by atoms with E-state index in [2.05, 4.69) is 4.74 Å². The van der Waals surface area contributed by atoms with Crippen molar-refractivity contribution in [2.24, 2.45) is 5.73 Å². The maximum atomic E-state index is 11.0. The highest BCUT2D eigenvalue weighted by atomic mass is 32.2. The van der Waals surface area contributed by atoms with Crippen LogP contribution in [0.5, 0.6) is 0 Å². The lowest BCUT2D eigenvalue weighted by Gasteiger charge is -2.21. The lowest BCUT2D eigenvalue weighted by molar-refractivity contribution is -0.158. The van der Waals surface area contributed by atoms with Crippen molar-refractivity contribution in [3.8, 4) is 0 Å². The summed E-state index contributed by atoms with van der Waals surface area (Å²) >= 11 is 1.45. The molecule has 0 aromatic rings. The topological polar surface area (TPSA) is 72.5 Å². The molecular weight excluding hydrogens is 190 g/mol. The molecule has 5 heteroatoms. The molecule has 0 fully saturated rings. The molecule has 0 spiro atoms. The first-order valence-corrected chi connectivity index (χ1v) is 5.11. The number of methoxy groups -OCH3 is 1. The third-order valence-corrected chi connectivity index (χ3v) is 3.10. The van der Waals surface area contributed by atoms with Gasteiger partial charge in [-0.25, -0.2) is 4.79 Å². The molecule has 0 bridgehead atoms. The van der Waals surface area contributed by atoms with Crippen molar-refractivity contribution in [1.82, 2.24) is 0 Å². The summed E-state index contributed by atoms with van der Waals surface area (Å²) in [7, 11) is 1.26. The van der Waals surface area contributed by atoms with E-state index in [0.29, 0.717) is 12.3 Å². The Kier molecular flexibility index (Phi) is 5.36. The van der Waals surface area contributed by atoms with E-state index in [4.69, 9.17) is 5.73 Å². The minimum atomic E-state index is -1.41. The Balaban J connectivity index is 3.95. The summed E-state index contributed by atoms with van der Waals surface area (Å²) in [4.78, 5) is 11.0. The molecule has 0 rings (SSSR count). The number of ether oxygens (including phenoxy) is 1. The Hall–Kier alpha value is -0.260. The normalized spacial score (nSPS) is 17.6. The second-order valence-electron chi connectivity index (χ2n) is 3.12. The summed E-state index contributed by atoms with van der Waals surface area (Å²) in [5, 5.41) is 9.82. The highest BCUT2D eigenvalue weighted by Crippen LogP contribution is 2.18. The zero-order valence-corrected chi connectivity index (χ0v) is 9.06. The Morgan fingerprint density at radius 2 is 2.31 bits per heavy atom. The van der Waals surface area contributed by atoms with Gasteiger partial charge >= 0.3 is 5.97 Å². The van der Waals surface area contributed by atoms with Crippen LogP contribution in [0, 0.1) is 0 Å². The molecular formula is C8H17NO3S. The molecule has 0 radical (unpaired) electrons. The molecule has 0 heterocycles. The van der Waals surface area contributed by atoms with Gasteiger partial charge in [-0.2, -0.15) is 11.8 Å². The van der Waals surface area contributed by atoms with Crippen molar-refractivity contribution in [1.29, 1.82) is 0 Å². The van der Waals surface area contributed by atoms with Crippen LogP contribution in [0.3, 0.4) is 0 Å². The number of carbonyl (C=O) groups excluding carboxylic acids is 1. The first kappa shape index (κ1) is 12.7. The van der Waals surface area contributed by atoms with Gasteiger partial charge in [-0.05, 0) is 6.92 Å². The molecule has 78 valence electrons. The second kappa shape index (κ2) is 5.47. The van der Waals surface area contributed by atoms with Gasteiger partial charge in [-0.15, -0.1) is 0 Å². The predicted molar refractivity (Wildman–Crippen MR) is 53.6 cm³/mol. The van der Waals surface area contributed by atoms with E-state index in [0.717, 1.165) is 0 Å². The fourth-order valence-corrected chi connectivity index (χ4v) is 1.51. The van der Waals surface area contributed by atoms with Gasteiger partial charge in [0, 0.05) is 17.5 Å². The van der Waals surface area contributed by atoms with E-state index >= 15 is 0 Å². The number of esters is 1. The van der Waals surface area contributed by atoms with Crippen LogP contribution in [0.2, 0.25) is 0 Å². The highest BCUT2D eigenvalue weighted by Gasteiger charge is 2.31. The van der Waals surface area contributed by atoms with Crippen molar-refractivity contribution in [2.75, 3.05) is 19.4 Å². The molecule has 0 aliphatic rings. The van der Waals surface area contributed by atoms with Crippen molar-refractivity contribution in [3.05, 3.63) is 0 Å². The van der Waals surface area contributed by atoms with Gasteiger partial charge in [-0.1, -0.05) is 6.92 Å². The smallest absolute Gasteiger partial charge is 0.338 e. The van der Waals surface area contributed by atoms with Crippen molar-refractivity contribution < 1.29 is 14.6 Å². The maximum Gasteiger partial charge on any atom is 0.338 e. The van der Waals surface area contributed by atoms with Crippen LogP contribution < -0.4 is 5.73 Å². The number of nitrogens with two attached hydrogens (primary N) is 1. The molecule has 0 aliphatic carbocycles. The standard InChI is InChI=1S/C8H17NO3S/c1-6(4-9)13-5-8(2,11)7(10)12-3/h6,11H,4-5,9H2,1-3H3. The average molecular weight is 207 g/mol. The van der Waals surface area contributed by atoms with Gasteiger partial charge in [0.25, 0.3) is 0 Å². The minimum Gasteiger partial charge on any atom is -0.467 e. The second-order valence-corrected chi connectivity index (χ2v) is 4.55. The largest absolute Gasteiger partial charge is 0.467 e. The van der Waals surface area contributed by atoms with Crippen LogP contribution in [0.25, 0.3) is 0 Å². The molecule has 2 atom stereocenters. The van der Waals surface area contributed by atoms with Gasteiger partial charge < -0.3 is 15.6 Å². The molecule has 0 aromatic carbocycles. The average Bonchev–Trinajstić information content (AvgIpc) is 2.12. The summed E-state index contributed by atoms with van der Waals surface area (Å²) in [6.07, 6.45) is 0. The van der Waals surface area contributed by atoms with Gasteiger partial charge in [-0.3, -0.25) is 0 Å². The van der Waals surface area contributed by atoms with Gasteiger partial charge in [0.1, 0.15) is 0 Å². The van der Waals surface area contributed by atoms with Crippen molar-refractivity contribution in [3.63, 3.8) is 0 Å². The summed E-state index contributed by atoms with van der Waals surface area (Å²) in [5.74, 6) is -0.304. The van der Waals surface area contributed by atoms with E-state index in [1.807, 2.05) is 6.92 Å². The monoisotopic (exact) mass is 207 g/mol. The summed E-state index contributed by atoms with van der Waals surface area (Å²) in [6, 6.07) is 0. The zero-order chi connectivity index (χ0) is 10.5. The van der Waals surface area contributed by atoms with Crippen LogP contribution in [0.1, 0.15) is 13.8 Å².